The zero-order valence-electron chi connectivity index (χ0n) is 15.4. The summed E-state index contributed by atoms with van der Waals surface area (Å²) in [5.41, 5.74) is 3.45. The number of para-hydroxylation sites is 1. The van der Waals surface area contributed by atoms with Gasteiger partial charge in [0.25, 0.3) is 5.91 Å². The van der Waals surface area contributed by atoms with Crippen molar-refractivity contribution < 1.29 is 4.79 Å². The van der Waals surface area contributed by atoms with Crippen LogP contribution >= 0.6 is 31.9 Å². The van der Waals surface area contributed by atoms with Crippen molar-refractivity contribution in [3.8, 4) is 17.1 Å². The predicted octanol–water partition coefficient (Wildman–Crippen LogP) is 6.02. The predicted molar refractivity (Wildman–Crippen MR) is 121 cm³/mol. The Morgan fingerprint density at radius 1 is 0.931 bits per heavy atom. The van der Waals surface area contributed by atoms with Gasteiger partial charge in [-0.3, -0.25) is 4.79 Å². The molecule has 1 amide bonds. The van der Waals surface area contributed by atoms with E-state index < -0.39 is 0 Å². The van der Waals surface area contributed by atoms with Gasteiger partial charge in [0.15, 0.2) is 5.82 Å². The molecular formula is C22H16Br2N4O. The maximum atomic E-state index is 12.8. The Morgan fingerprint density at radius 3 is 2.41 bits per heavy atom. The lowest BCUT2D eigenvalue weighted by atomic mass is 10.2. The highest BCUT2D eigenvalue weighted by atomic mass is 79.9. The molecule has 0 aliphatic rings. The van der Waals surface area contributed by atoms with Crippen molar-refractivity contribution in [2.75, 3.05) is 5.32 Å². The Bertz CT molecular complexity index is 1190. The van der Waals surface area contributed by atoms with Crippen LogP contribution in [0.5, 0.6) is 0 Å². The van der Waals surface area contributed by atoms with Gasteiger partial charge in [0.05, 0.1) is 5.69 Å². The summed E-state index contributed by atoms with van der Waals surface area (Å²) in [6.45, 7) is 2.00. The molecule has 1 aromatic heterocycles. The molecule has 7 heteroatoms. The highest BCUT2D eigenvalue weighted by Crippen LogP contribution is 2.25. The summed E-state index contributed by atoms with van der Waals surface area (Å²) in [6.07, 6.45) is 0. The lowest BCUT2D eigenvalue weighted by molar-refractivity contribution is 0.101. The lowest BCUT2D eigenvalue weighted by Gasteiger charge is -2.08. The molecule has 4 rings (SSSR count). The molecule has 0 saturated heterocycles. The number of hydrogen-bond donors (Lipinski definition) is 1. The Labute approximate surface area is 185 Å². The van der Waals surface area contributed by atoms with E-state index in [1.807, 2.05) is 79.7 Å². The van der Waals surface area contributed by atoms with Crippen LogP contribution in [0.1, 0.15) is 16.2 Å². The number of aryl methyl sites for hydroxylation is 1. The van der Waals surface area contributed by atoms with Gasteiger partial charge in [-0.2, -0.15) is 0 Å². The van der Waals surface area contributed by atoms with Crippen LogP contribution < -0.4 is 5.32 Å². The number of nitrogens with zero attached hydrogens (tertiary/aromatic N) is 3. The quantitative estimate of drug-likeness (QED) is 0.364. The number of carbonyl (C=O) groups excluding carboxylic acids is 1. The van der Waals surface area contributed by atoms with Crippen molar-refractivity contribution in [3.05, 3.63) is 93.1 Å². The molecule has 5 nitrogen and oxygen atoms in total. The second-order valence-corrected chi connectivity index (χ2v) is 8.26. The standard InChI is InChI=1S/C22H16Br2N4O/c1-14-5-2-3-8-19(14)28-21(15-9-11-16(23)12-10-15)26-20(27-28)22(29)25-18-7-4-6-17(24)13-18/h2-13H,1H3,(H,25,29). The molecule has 0 fully saturated rings. The molecule has 29 heavy (non-hydrogen) atoms. The van der Waals surface area contributed by atoms with Crippen LogP contribution in [0.2, 0.25) is 0 Å². The van der Waals surface area contributed by atoms with E-state index in [0.29, 0.717) is 11.5 Å². The fourth-order valence-corrected chi connectivity index (χ4v) is 3.58. The Kier molecular flexibility index (Phi) is 5.60. The second kappa shape index (κ2) is 8.31. The van der Waals surface area contributed by atoms with E-state index in [-0.39, 0.29) is 11.7 Å². The molecule has 0 aliphatic carbocycles. The number of nitrogens with one attached hydrogen (secondary N) is 1. The molecule has 0 unspecified atom stereocenters. The maximum Gasteiger partial charge on any atom is 0.295 e. The summed E-state index contributed by atoms with van der Waals surface area (Å²) in [5, 5.41) is 7.38. The van der Waals surface area contributed by atoms with Gasteiger partial charge in [-0.15, -0.1) is 5.10 Å². The molecule has 0 spiro atoms. The fourth-order valence-electron chi connectivity index (χ4n) is 2.92. The van der Waals surface area contributed by atoms with Crippen LogP contribution in [-0.4, -0.2) is 20.7 Å². The molecule has 4 aromatic rings. The Morgan fingerprint density at radius 2 is 1.69 bits per heavy atom. The Hall–Kier alpha value is -2.77. The van der Waals surface area contributed by atoms with Crippen LogP contribution in [-0.2, 0) is 0 Å². The van der Waals surface area contributed by atoms with E-state index in [2.05, 4.69) is 47.3 Å². The number of amides is 1. The van der Waals surface area contributed by atoms with Crippen molar-refractivity contribution >= 4 is 43.5 Å². The number of halogens is 2. The topological polar surface area (TPSA) is 59.8 Å². The van der Waals surface area contributed by atoms with Gasteiger partial charge in [-0.25, -0.2) is 9.67 Å². The van der Waals surface area contributed by atoms with E-state index in [9.17, 15) is 4.79 Å². The zero-order chi connectivity index (χ0) is 20.4. The van der Waals surface area contributed by atoms with Gasteiger partial charge >= 0.3 is 0 Å². The number of anilines is 1. The SMILES string of the molecule is Cc1ccccc1-n1nc(C(=O)Nc2cccc(Br)c2)nc1-c1ccc(Br)cc1. The molecule has 0 atom stereocenters. The zero-order valence-corrected chi connectivity index (χ0v) is 18.6. The van der Waals surface area contributed by atoms with Gasteiger partial charge in [-0.1, -0.05) is 68.3 Å². The van der Waals surface area contributed by atoms with E-state index in [4.69, 9.17) is 0 Å². The molecule has 1 heterocycles. The van der Waals surface area contributed by atoms with Crippen LogP contribution in [0.3, 0.4) is 0 Å². The third-order valence-electron chi connectivity index (χ3n) is 4.34. The summed E-state index contributed by atoms with van der Waals surface area (Å²) in [7, 11) is 0. The first-order valence-corrected chi connectivity index (χ1v) is 10.5. The smallest absolute Gasteiger partial charge is 0.295 e. The van der Waals surface area contributed by atoms with Gasteiger partial charge in [0.1, 0.15) is 0 Å². The summed E-state index contributed by atoms with van der Waals surface area (Å²) in [6, 6.07) is 23.0. The number of hydrogen-bond acceptors (Lipinski definition) is 3. The van der Waals surface area contributed by atoms with Crippen molar-refractivity contribution in [2.45, 2.75) is 6.92 Å². The third-order valence-corrected chi connectivity index (χ3v) is 5.36. The minimum absolute atomic E-state index is 0.103. The van der Waals surface area contributed by atoms with Crippen LogP contribution in [0.15, 0.2) is 81.7 Å². The second-order valence-electron chi connectivity index (χ2n) is 6.43. The van der Waals surface area contributed by atoms with Crippen LogP contribution in [0, 0.1) is 6.92 Å². The minimum Gasteiger partial charge on any atom is -0.319 e. The third kappa shape index (κ3) is 4.31. The lowest BCUT2D eigenvalue weighted by Crippen LogP contribution is -2.14. The van der Waals surface area contributed by atoms with Gasteiger partial charge < -0.3 is 5.32 Å². The summed E-state index contributed by atoms with van der Waals surface area (Å²) in [4.78, 5) is 17.4. The van der Waals surface area contributed by atoms with Crippen molar-refractivity contribution in [2.24, 2.45) is 0 Å². The van der Waals surface area contributed by atoms with Gasteiger partial charge in [0.2, 0.25) is 5.82 Å². The molecule has 144 valence electrons. The van der Waals surface area contributed by atoms with Crippen LogP contribution in [0.25, 0.3) is 17.1 Å². The molecule has 0 saturated carbocycles. The fraction of sp³-hybridized carbons (Fsp3) is 0.0455. The van der Waals surface area contributed by atoms with E-state index in [1.54, 1.807) is 4.68 Å². The van der Waals surface area contributed by atoms with E-state index >= 15 is 0 Å². The highest BCUT2D eigenvalue weighted by molar-refractivity contribution is 9.10. The van der Waals surface area contributed by atoms with Gasteiger partial charge in [-0.05, 0) is 48.9 Å². The van der Waals surface area contributed by atoms with Crippen molar-refractivity contribution in [1.82, 2.24) is 14.8 Å². The molecule has 0 aliphatic heterocycles. The molecule has 0 radical (unpaired) electrons. The Balaban J connectivity index is 1.78. The number of aromatic nitrogens is 3. The maximum absolute atomic E-state index is 12.8. The highest BCUT2D eigenvalue weighted by Gasteiger charge is 2.19. The number of rotatable bonds is 4. The summed E-state index contributed by atoms with van der Waals surface area (Å²) in [5.74, 6) is 0.339. The average Bonchev–Trinajstić information content (AvgIpc) is 3.14. The van der Waals surface area contributed by atoms with Crippen molar-refractivity contribution in [1.29, 1.82) is 0 Å². The monoisotopic (exact) mass is 510 g/mol. The number of carbonyl (C=O) groups is 1. The molecular weight excluding hydrogens is 496 g/mol. The van der Waals surface area contributed by atoms with E-state index in [0.717, 1.165) is 25.8 Å². The normalized spacial score (nSPS) is 10.7. The molecule has 3 aromatic carbocycles. The largest absolute Gasteiger partial charge is 0.319 e. The van der Waals surface area contributed by atoms with E-state index in [1.165, 1.54) is 0 Å². The molecule has 0 bridgehead atoms. The minimum atomic E-state index is -0.367. The van der Waals surface area contributed by atoms with Crippen molar-refractivity contribution in [3.63, 3.8) is 0 Å². The first kappa shape index (κ1) is 19.5. The first-order chi connectivity index (χ1) is 14.0. The molecule has 1 N–H and O–H groups in total. The average molecular weight is 512 g/mol. The first-order valence-electron chi connectivity index (χ1n) is 8.87. The number of benzene rings is 3. The van der Waals surface area contributed by atoms with Gasteiger partial charge in [0, 0.05) is 20.2 Å². The summed E-state index contributed by atoms with van der Waals surface area (Å²) >= 11 is 6.86. The summed E-state index contributed by atoms with van der Waals surface area (Å²) < 4.78 is 3.56. The van der Waals surface area contributed by atoms with Crippen LogP contribution in [0.4, 0.5) is 5.69 Å².